The first-order valence-electron chi connectivity index (χ1n) is 9.17. The summed E-state index contributed by atoms with van der Waals surface area (Å²) < 4.78 is 5.99. The highest BCUT2D eigenvalue weighted by Gasteiger charge is 2.33. The summed E-state index contributed by atoms with van der Waals surface area (Å²) >= 11 is 0. The molecule has 2 aromatic carbocycles. The zero-order chi connectivity index (χ0) is 18.1. The van der Waals surface area contributed by atoms with Crippen molar-refractivity contribution in [3.05, 3.63) is 53.9 Å². The molecule has 4 rings (SSSR count). The molecule has 0 bridgehead atoms. The molecule has 26 heavy (non-hydrogen) atoms. The van der Waals surface area contributed by atoms with E-state index in [4.69, 9.17) is 9.40 Å². The lowest BCUT2D eigenvalue weighted by Gasteiger charge is -2.22. The molecule has 1 atom stereocenters. The van der Waals surface area contributed by atoms with Crippen molar-refractivity contribution >= 4 is 17.1 Å². The fraction of sp³-hybridized carbons (Fsp3) is 0.333. The van der Waals surface area contributed by atoms with Gasteiger partial charge in [-0.3, -0.25) is 0 Å². The second-order valence-corrected chi connectivity index (χ2v) is 6.79. The number of hydrogen-bond acceptors (Lipinski definition) is 3. The van der Waals surface area contributed by atoms with E-state index in [-0.39, 0.29) is 12.1 Å². The van der Waals surface area contributed by atoms with Crippen LogP contribution in [-0.4, -0.2) is 29.0 Å². The van der Waals surface area contributed by atoms with Crippen LogP contribution >= 0.6 is 0 Å². The monoisotopic (exact) mass is 349 g/mol. The van der Waals surface area contributed by atoms with Crippen LogP contribution in [0.1, 0.15) is 37.3 Å². The highest BCUT2D eigenvalue weighted by Crippen LogP contribution is 2.34. The van der Waals surface area contributed by atoms with E-state index in [9.17, 15) is 4.79 Å². The maximum atomic E-state index is 12.3. The standard InChI is InChI=1S/C21H23N3O2/c1-3-22-21(25)24-11-5-8-18(24)20-23-17-13-16(9-10-19(17)26-20)15-7-4-6-14(2)12-15/h4,6-7,9-10,12-13,18H,3,5,8,11H2,1-2H3,(H,22,25)/t18-/m0/s1. The molecule has 2 amide bonds. The molecule has 3 aromatic rings. The number of carbonyl (C=O) groups excluding carboxylic acids is 1. The molecule has 0 spiro atoms. The van der Waals surface area contributed by atoms with E-state index in [1.807, 2.05) is 17.9 Å². The molecule has 0 saturated carbocycles. The first kappa shape index (κ1) is 16.6. The lowest BCUT2D eigenvalue weighted by atomic mass is 10.0. The lowest BCUT2D eigenvalue weighted by Crippen LogP contribution is -2.39. The van der Waals surface area contributed by atoms with Crippen LogP contribution in [0.4, 0.5) is 4.79 Å². The first-order chi connectivity index (χ1) is 12.7. The Morgan fingerprint density at radius 1 is 1.27 bits per heavy atom. The number of rotatable bonds is 3. The Labute approximate surface area is 153 Å². The molecule has 5 nitrogen and oxygen atoms in total. The van der Waals surface area contributed by atoms with Crippen molar-refractivity contribution in [3.8, 4) is 11.1 Å². The third-order valence-electron chi connectivity index (χ3n) is 4.88. The number of urea groups is 1. The summed E-state index contributed by atoms with van der Waals surface area (Å²) in [6.45, 7) is 5.38. The highest BCUT2D eigenvalue weighted by atomic mass is 16.4. The Hall–Kier alpha value is -2.82. The normalized spacial score (nSPS) is 17.0. The van der Waals surface area contributed by atoms with Crippen LogP contribution in [0.3, 0.4) is 0 Å². The molecule has 0 unspecified atom stereocenters. The Morgan fingerprint density at radius 3 is 2.92 bits per heavy atom. The number of hydrogen-bond donors (Lipinski definition) is 1. The van der Waals surface area contributed by atoms with E-state index < -0.39 is 0 Å². The van der Waals surface area contributed by atoms with Crippen LogP contribution < -0.4 is 5.32 Å². The molecule has 0 radical (unpaired) electrons. The fourth-order valence-electron chi connectivity index (χ4n) is 3.61. The zero-order valence-corrected chi connectivity index (χ0v) is 15.2. The molecule has 0 aliphatic carbocycles. The Bertz CT molecular complexity index is 947. The van der Waals surface area contributed by atoms with Gasteiger partial charge in [0, 0.05) is 13.1 Å². The molecule has 1 aliphatic heterocycles. The minimum absolute atomic E-state index is 0.0438. The zero-order valence-electron chi connectivity index (χ0n) is 15.2. The van der Waals surface area contributed by atoms with Crippen molar-refractivity contribution in [3.63, 3.8) is 0 Å². The third kappa shape index (κ3) is 3.05. The quantitative estimate of drug-likeness (QED) is 0.747. The van der Waals surface area contributed by atoms with Crippen LogP contribution in [-0.2, 0) is 0 Å². The average Bonchev–Trinajstić information content (AvgIpc) is 3.27. The van der Waals surface area contributed by atoms with Crippen LogP contribution in [0, 0.1) is 6.92 Å². The number of fused-ring (bicyclic) bond motifs is 1. The molecular weight excluding hydrogens is 326 g/mol. The summed E-state index contributed by atoms with van der Waals surface area (Å²) in [5.41, 5.74) is 5.11. The van der Waals surface area contributed by atoms with Gasteiger partial charge < -0.3 is 14.6 Å². The second-order valence-electron chi connectivity index (χ2n) is 6.79. The van der Waals surface area contributed by atoms with Gasteiger partial charge in [-0.2, -0.15) is 0 Å². The molecule has 1 aliphatic rings. The lowest BCUT2D eigenvalue weighted by molar-refractivity contribution is 0.186. The van der Waals surface area contributed by atoms with Gasteiger partial charge in [0.25, 0.3) is 0 Å². The number of likely N-dealkylation sites (tertiary alicyclic amines) is 1. The molecule has 134 valence electrons. The summed E-state index contributed by atoms with van der Waals surface area (Å²) in [6, 6.07) is 14.4. The molecule has 1 fully saturated rings. The summed E-state index contributed by atoms with van der Waals surface area (Å²) in [7, 11) is 0. The predicted octanol–water partition coefficient (Wildman–Crippen LogP) is 4.67. The van der Waals surface area contributed by atoms with Crippen molar-refractivity contribution < 1.29 is 9.21 Å². The topological polar surface area (TPSA) is 58.4 Å². The Morgan fingerprint density at radius 2 is 2.12 bits per heavy atom. The van der Waals surface area contributed by atoms with Gasteiger partial charge in [0.1, 0.15) is 11.6 Å². The molecule has 1 saturated heterocycles. The number of oxazole rings is 1. The Balaban J connectivity index is 1.66. The molecule has 1 N–H and O–H groups in total. The summed E-state index contributed by atoms with van der Waals surface area (Å²) in [6.07, 6.45) is 1.85. The number of benzene rings is 2. The van der Waals surface area contributed by atoms with Gasteiger partial charge >= 0.3 is 6.03 Å². The van der Waals surface area contributed by atoms with E-state index in [1.54, 1.807) is 0 Å². The minimum atomic E-state index is -0.0867. The number of aryl methyl sites for hydroxylation is 1. The molecule has 2 heterocycles. The van der Waals surface area contributed by atoms with Gasteiger partial charge in [0.05, 0.1) is 0 Å². The van der Waals surface area contributed by atoms with Crippen LogP contribution in [0.25, 0.3) is 22.2 Å². The molecule has 5 heteroatoms. The Kier molecular flexibility index (Phi) is 4.37. The maximum absolute atomic E-state index is 12.3. The molecule has 1 aromatic heterocycles. The number of carbonyl (C=O) groups is 1. The van der Waals surface area contributed by atoms with Crippen molar-refractivity contribution in [2.45, 2.75) is 32.7 Å². The summed E-state index contributed by atoms with van der Waals surface area (Å²) in [5.74, 6) is 0.630. The van der Waals surface area contributed by atoms with E-state index in [2.05, 4.69) is 48.6 Å². The minimum Gasteiger partial charge on any atom is -0.438 e. The van der Waals surface area contributed by atoms with Gasteiger partial charge in [-0.25, -0.2) is 9.78 Å². The van der Waals surface area contributed by atoms with E-state index >= 15 is 0 Å². The first-order valence-corrected chi connectivity index (χ1v) is 9.17. The smallest absolute Gasteiger partial charge is 0.318 e. The van der Waals surface area contributed by atoms with E-state index in [1.165, 1.54) is 11.1 Å². The summed E-state index contributed by atoms with van der Waals surface area (Å²) in [5, 5.41) is 2.87. The second kappa shape index (κ2) is 6.83. The van der Waals surface area contributed by atoms with Crippen LogP contribution in [0.15, 0.2) is 46.9 Å². The fourth-order valence-corrected chi connectivity index (χ4v) is 3.61. The number of nitrogens with zero attached hydrogens (tertiary/aromatic N) is 2. The van der Waals surface area contributed by atoms with Crippen molar-refractivity contribution in [2.24, 2.45) is 0 Å². The van der Waals surface area contributed by atoms with Crippen LogP contribution in [0.5, 0.6) is 0 Å². The SMILES string of the molecule is CCNC(=O)N1CCC[C@H]1c1nc2cc(-c3cccc(C)c3)ccc2o1. The van der Waals surface area contributed by atoms with Gasteiger partial charge in [-0.1, -0.05) is 35.9 Å². The largest absolute Gasteiger partial charge is 0.438 e. The number of amides is 2. The van der Waals surface area contributed by atoms with Crippen molar-refractivity contribution in [1.29, 1.82) is 0 Å². The van der Waals surface area contributed by atoms with Crippen molar-refractivity contribution in [1.82, 2.24) is 15.2 Å². The average molecular weight is 349 g/mol. The van der Waals surface area contributed by atoms with E-state index in [0.717, 1.165) is 36.0 Å². The molecular formula is C21H23N3O2. The number of aromatic nitrogens is 1. The predicted molar refractivity (Wildman–Crippen MR) is 102 cm³/mol. The van der Waals surface area contributed by atoms with Crippen LogP contribution in [0.2, 0.25) is 0 Å². The van der Waals surface area contributed by atoms with Gasteiger partial charge in [0.15, 0.2) is 5.58 Å². The van der Waals surface area contributed by atoms with Crippen molar-refractivity contribution in [2.75, 3.05) is 13.1 Å². The maximum Gasteiger partial charge on any atom is 0.318 e. The highest BCUT2D eigenvalue weighted by molar-refractivity contribution is 5.81. The third-order valence-corrected chi connectivity index (χ3v) is 4.88. The van der Waals surface area contributed by atoms with Gasteiger partial charge in [-0.05, 0) is 49.9 Å². The number of nitrogens with one attached hydrogen (secondary N) is 1. The van der Waals surface area contributed by atoms with E-state index in [0.29, 0.717) is 12.4 Å². The van der Waals surface area contributed by atoms with Gasteiger partial charge in [-0.15, -0.1) is 0 Å². The summed E-state index contributed by atoms with van der Waals surface area (Å²) in [4.78, 5) is 18.8. The van der Waals surface area contributed by atoms with Gasteiger partial charge in [0.2, 0.25) is 5.89 Å².